The maximum atomic E-state index is 2.55. The van der Waals surface area contributed by atoms with E-state index >= 15 is 0 Å². The van der Waals surface area contributed by atoms with Crippen molar-refractivity contribution in [2.24, 2.45) is 0 Å². The molecule has 0 aromatic carbocycles. The average Bonchev–Trinajstić information content (AvgIpc) is 2.28. The molecule has 0 amide bonds. The molecule has 94 valence electrons. The molecule has 0 nitrogen and oxygen atoms in total. The zero-order chi connectivity index (χ0) is 12.4. The highest BCUT2D eigenvalue weighted by atomic mass is 127. The number of hydrogen-bond acceptors (Lipinski definition) is 0. The van der Waals surface area contributed by atoms with Crippen molar-refractivity contribution in [2.75, 3.05) is 0 Å². The Morgan fingerprint density at radius 3 is 2.00 bits per heavy atom. The topological polar surface area (TPSA) is 0 Å². The van der Waals surface area contributed by atoms with Crippen LogP contribution in [0.3, 0.4) is 0 Å². The lowest BCUT2D eigenvalue weighted by Gasteiger charge is -2.13. The summed E-state index contributed by atoms with van der Waals surface area (Å²) in [6.45, 7) is 6.81. The number of hydrogen-bond donors (Lipinski definition) is 0. The molecule has 0 rings (SSSR count). The van der Waals surface area contributed by atoms with Gasteiger partial charge in [0.25, 0.3) is 0 Å². The number of halogens is 2. The smallest absolute Gasteiger partial charge is 0.00593 e. The zero-order valence-electron chi connectivity index (χ0n) is 10.8. The van der Waals surface area contributed by atoms with E-state index in [1.807, 2.05) is 0 Å². The van der Waals surface area contributed by atoms with Gasteiger partial charge in [-0.2, -0.15) is 0 Å². The lowest BCUT2D eigenvalue weighted by molar-refractivity contribution is 0.774. The van der Waals surface area contributed by atoms with Gasteiger partial charge in [-0.3, -0.25) is 0 Å². The summed E-state index contributed by atoms with van der Waals surface area (Å²) < 4.78 is 3.88. The third-order valence-electron chi connectivity index (χ3n) is 2.62. The summed E-state index contributed by atoms with van der Waals surface area (Å²) in [5.74, 6) is 0. The first kappa shape index (κ1) is 16.9. The molecule has 0 spiro atoms. The first-order valence-electron chi connectivity index (χ1n) is 6.38. The van der Waals surface area contributed by atoms with Crippen LogP contribution >= 0.6 is 45.2 Å². The molecule has 0 aliphatic carbocycles. The highest BCUT2D eigenvalue weighted by molar-refractivity contribution is 14.1. The molecule has 0 saturated heterocycles. The second-order valence-corrected chi connectivity index (χ2v) is 6.05. The Bertz CT molecular complexity index is 239. The van der Waals surface area contributed by atoms with Crippen molar-refractivity contribution in [3.8, 4) is 0 Å². The van der Waals surface area contributed by atoms with E-state index in [9.17, 15) is 0 Å². The first-order chi connectivity index (χ1) is 7.71. The SMILES string of the molecule is CCCCC(=C/I)/C(CCC)=C(\I)CCC. The van der Waals surface area contributed by atoms with Crippen LogP contribution in [0, 0.1) is 0 Å². The Balaban J connectivity index is 4.78. The van der Waals surface area contributed by atoms with Crippen molar-refractivity contribution in [3.63, 3.8) is 0 Å². The maximum Gasteiger partial charge on any atom is -0.00593 e. The van der Waals surface area contributed by atoms with E-state index in [1.54, 1.807) is 14.7 Å². The van der Waals surface area contributed by atoms with E-state index < -0.39 is 0 Å². The van der Waals surface area contributed by atoms with Gasteiger partial charge in [0.15, 0.2) is 0 Å². The van der Waals surface area contributed by atoms with Crippen LogP contribution in [0.1, 0.15) is 65.7 Å². The molecule has 0 aromatic heterocycles. The fourth-order valence-electron chi connectivity index (χ4n) is 1.73. The molecule has 0 unspecified atom stereocenters. The van der Waals surface area contributed by atoms with Crippen molar-refractivity contribution in [3.05, 3.63) is 18.8 Å². The van der Waals surface area contributed by atoms with Gasteiger partial charge in [-0.1, -0.05) is 62.6 Å². The Hall–Kier alpha value is 0.940. The predicted molar refractivity (Wildman–Crippen MR) is 92.5 cm³/mol. The largest absolute Gasteiger partial charge is 0.0654 e. The zero-order valence-corrected chi connectivity index (χ0v) is 15.1. The van der Waals surface area contributed by atoms with Crippen LogP contribution < -0.4 is 0 Å². The lowest BCUT2D eigenvalue weighted by Crippen LogP contribution is -1.93. The summed E-state index contributed by atoms with van der Waals surface area (Å²) >= 11 is 4.96. The minimum atomic E-state index is 1.25. The van der Waals surface area contributed by atoms with Crippen LogP contribution in [0.4, 0.5) is 0 Å². The molecule has 0 atom stereocenters. The summed E-state index contributed by atoms with van der Waals surface area (Å²) in [7, 11) is 0. The van der Waals surface area contributed by atoms with Gasteiger partial charge >= 0.3 is 0 Å². The van der Waals surface area contributed by atoms with Gasteiger partial charge in [0.05, 0.1) is 0 Å². The summed E-state index contributed by atoms with van der Waals surface area (Å²) in [6.07, 6.45) is 8.87. The van der Waals surface area contributed by atoms with Crippen molar-refractivity contribution in [1.82, 2.24) is 0 Å². The molecule has 0 aliphatic rings. The van der Waals surface area contributed by atoms with E-state index in [0.29, 0.717) is 0 Å². The fourth-order valence-corrected chi connectivity index (χ4v) is 3.57. The number of unbranched alkanes of at least 4 members (excludes halogenated alkanes) is 1. The Labute approximate surface area is 129 Å². The van der Waals surface area contributed by atoms with E-state index in [2.05, 4.69) is 70.0 Å². The third kappa shape index (κ3) is 6.62. The molecular formula is C14H24I2. The van der Waals surface area contributed by atoms with Gasteiger partial charge in [-0.05, 0) is 67.1 Å². The summed E-state index contributed by atoms with van der Waals surface area (Å²) in [5.41, 5.74) is 3.22. The van der Waals surface area contributed by atoms with Gasteiger partial charge in [0.1, 0.15) is 0 Å². The van der Waals surface area contributed by atoms with Gasteiger partial charge in [-0.15, -0.1) is 0 Å². The second-order valence-electron chi connectivity index (χ2n) is 4.12. The number of rotatable bonds is 8. The molecule has 0 radical (unpaired) electrons. The van der Waals surface area contributed by atoms with Crippen LogP contribution in [-0.2, 0) is 0 Å². The van der Waals surface area contributed by atoms with Crippen molar-refractivity contribution in [1.29, 1.82) is 0 Å². The Kier molecular flexibility index (Phi) is 11.7. The van der Waals surface area contributed by atoms with E-state index in [0.717, 1.165) is 0 Å². The molecule has 2 heteroatoms. The van der Waals surface area contributed by atoms with Crippen molar-refractivity contribution in [2.45, 2.75) is 65.7 Å². The fraction of sp³-hybridized carbons (Fsp3) is 0.714. The van der Waals surface area contributed by atoms with E-state index in [1.165, 1.54) is 44.9 Å². The standard InChI is InChI=1S/C14H24I2/c1-4-7-10-12(11-15)13(8-5-2)14(16)9-6-3/h11H,4-10H2,1-3H3/b12-11-,14-13-. The van der Waals surface area contributed by atoms with Gasteiger partial charge in [-0.25, -0.2) is 0 Å². The molecule has 0 bridgehead atoms. The van der Waals surface area contributed by atoms with Crippen LogP contribution in [0.25, 0.3) is 0 Å². The Morgan fingerprint density at radius 2 is 1.56 bits per heavy atom. The Morgan fingerprint density at radius 1 is 0.938 bits per heavy atom. The molecule has 0 aliphatic heterocycles. The second kappa shape index (κ2) is 11.1. The molecule has 0 fully saturated rings. The van der Waals surface area contributed by atoms with E-state index in [-0.39, 0.29) is 0 Å². The highest BCUT2D eigenvalue weighted by Crippen LogP contribution is 2.31. The minimum Gasteiger partial charge on any atom is -0.0654 e. The average molecular weight is 446 g/mol. The van der Waals surface area contributed by atoms with Crippen LogP contribution in [0.15, 0.2) is 18.8 Å². The van der Waals surface area contributed by atoms with Gasteiger partial charge in [0.2, 0.25) is 0 Å². The minimum absolute atomic E-state index is 1.25. The molecule has 0 heterocycles. The van der Waals surface area contributed by atoms with Crippen LogP contribution in [-0.4, -0.2) is 0 Å². The van der Waals surface area contributed by atoms with E-state index in [4.69, 9.17) is 0 Å². The summed E-state index contributed by atoms with van der Waals surface area (Å²) in [6, 6.07) is 0. The van der Waals surface area contributed by atoms with Crippen molar-refractivity contribution >= 4 is 45.2 Å². The predicted octanol–water partition coefficient (Wildman–Crippen LogP) is 6.78. The molecule has 0 N–H and O–H groups in total. The highest BCUT2D eigenvalue weighted by Gasteiger charge is 2.08. The maximum absolute atomic E-state index is 2.55. The molecule has 0 saturated carbocycles. The summed E-state index contributed by atoms with van der Waals surface area (Å²) in [4.78, 5) is 0. The first-order valence-corrected chi connectivity index (χ1v) is 8.70. The third-order valence-corrected chi connectivity index (χ3v) is 4.56. The molecule has 16 heavy (non-hydrogen) atoms. The van der Waals surface area contributed by atoms with Crippen LogP contribution in [0.2, 0.25) is 0 Å². The quantitative estimate of drug-likeness (QED) is 0.285. The van der Waals surface area contributed by atoms with Crippen LogP contribution in [0.5, 0.6) is 0 Å². The molecule has 0 aromatic rings. The monoisotopic (exact) mass is 446 g/mol. The van der Waals surface area contributed by atoms with Gasteiger partial charge < -0.3 is 0 Å². The lowest BCUT2D eigenvalue weighted by atomic mass is 9.97. The van der Waals surface area contributed by atoms with Crippen molar-refractivity contribution < 1.29 is 0 Å². The number of allylic oxidation sites excluding steroid dienone is 3. The normalized spacial score (nSPS) is 13.9. The summed E-state index contributed by atoms with van der Waals surface area (Å²) in [5, 5.41) is 0. The van der Waals surface area contributed by atoms with Gasteiger partial charge in [0, 0.05) is 0 Å². The molecular weight excluding hydrogens is 422 g/mol.